The molecule has 0 spiro atoms. The molecule has 1 heteroatoms. The van der Waals surface area contributed by atoms with Gasteiger partial charge in [-0.1, -0.05) is 140 Å². The van der Waals surface area contributed by atoms with Crippen LogP contribution in [0, 0.1) is 0 Å². The van der Waals surface area contributed by atoms with Crippen molar-refractivity contribution < 1.29 is 0 Å². The van der Waals surface area contributed by atoms with Gasteiger partial charge in [0.05, 0.1) is 0 Å². The topological polar surface area (TPSA) is 0 Å². The maximum atomic E-state index is 2.38. The largest absolute Gasteiger partial charge is 0.135 e. The molecule has 8 aromatic carbocycles. The molecule has 0 radical (unpaired) electrons. The Morgan fingerprint density at radius 3 is 1.31 bits per heavy atom. The van der Waals surface area contributed by atoms with Gasteiger partial charge in [-0.3, -0.25) is 0 Å². The van der Waals surface area contributed by atoms with Gasteiger partial charge in [-0.15, -0.1) is 11.3 Å². The van der Waals surface area contributed by atoms with Gasteiger partial charge < -0.3 is 0 Å². The SMILES string of the molecule is c1ccc(-c2cc(-c3ccccc3)cc(-c3c4ccccc4c(-c4cccc5sc6ccccc6c45)c4ccccc34)c2)cc1. The third-order valence-corrected chi connectivity index (χ3v) is 10.2. The molecule has 0 fully saturated rings. The fourth-order valence-electron chi connectivity index (χ4n) is 7.08. The predicted molar refractivity (Wildman–Crippen MR) is 196 cm³/mol. The van der Waals surface area contributed by atoms with E-state index in [4.69, 9.17) is 0 Å². The predicted octanol–water partition coefficient (Wildman–Crippen LogP) is 13.0. The van der Waals surface area contributed by atoms with Gasteiger partial charge in [-0.25, -0.2) is 0 Å². The molecule has 0 saturated heterocycles. The van der Waals surface area contributed by atoms with Crippen molar-refractivity contribution in [2.75, 3.05) is 0 Å². The summed E-state index contributed by atoms with van der Waals surface area (Å²) in [4.78, 5) is 0. The highest BCUT2D eigenvalue weighted by molar-refractivity contribution is 7.25. The average Bonchev–Trinajstić information content (AvgIpc) is 3.50. The first kappa shape index (κ1) is 25.9. The van der Waals surface area contributed by atoms with E-state index in [1.165, 1.54) is 86.2 Å². The van der Waals surface area contributed by atoms with Crippen LogP contribution in [0.3, 0.4) is 0 Å². The van der Waals surface area contributed by atoms with E-state index in [1.54, 1.807) is 0 Å². The number of hydrogen-bond acceptors (Lipinski definition) is 1. The van der Waals surface area contributed by atoms with Crippen molar-refractivity contribution >= 4 is 53.1 Å². The van der Waals surface area contributed by atoms with Crippen molar-refractivity contribution in [1.82, 2.24) is 0 Å². The summed E-state index contributed by atoms with van der Waals surface area (Å²) < 4.78 is 2.66. The second-order valence-corrected chi connectivity index (χ2v) is 12.7. The molecule has 1 aromatic heterocycles. The van der Waals surface area contributed by atoms with Crippen LogP contribution in [0.2, 0.25) is 0 Å². The maximum Gasteiger partial charge on any atom is 0.0361 e. The molecule has 0 aliphatic carbocycles. The first-order valence-electron chi connectivity index (χ1n) is 15.4. The number of fused-ring (bicyclic) bond motifs is 5. The summed E-state index contributed by atoms with van der Waals surface area (Å²) in [6.45, 7) is 0. The van der Waals surface area contributed by atoms with Gasteiger partial charge in [0.2, 0.25) is 0 Å². The lowest BCUT2D eigenvalue weighted by atomic mass is 9.83. The molecule has 9 aromatic rings. The molecule has 9 rings (SSSR count). The van der Waals surface area contributed by atoms with E-state index in [2.05, 4.69) is 170 Å². The molecule has 0 aliphatic rings. The fraction of sp³-hybridized carbons (Fsp3) is 0. The van der Waals surface area contributed by atoms with Crippen molar-refractivity contribution in [3.63, 3.8) is 0 Å². The van der Waals surface area contributed by atoms with Gasteiger partial charge in [0, 0.05) is 20.2 Å². The zero-order valence-corrected chi connectivity index (χ0v) is 25.4. The summed E-state index contributed by atoms with van der Waals surface area (Å²) in [6, 6.07) is 62.2. The Kier molecular flexibility index (Phi) is 6.11. The Bertz CT molecular complexity index is 2410. The summed E-state index contributed by atoms with van der Waals surface area (Å²) in [6.07, 6.45) is 0. The Labute approximate surface area is 266 Å². The minimum Gasteiger partial charge on any atom is -0.135 e. The lowest BCUT2D eigenvalue weighted by Gasteiger charge is -2.19. The molecule has 0 unspecified atom stereocenters. The summed E-state index contributed by atoms with van der Waals surface area (Å²) >= 11 is 1.88. The van der Waals surface area contributed by atoms with Gasteiger partial charge in [0.15, 0.2) is 0 Å². The summed E-state index contributed by atoms with van der Waals surface area (Å²) in [7, 11) is 0. The lowest BCUT2D eigenvalue weighted by Crippen LogP contribution is -1.92. The van der Waals surface area contributed by atoms with Crippen molar-refractivity contribution in [3.05, 3.63) is 170 Å². The summed E-state index contributed by atoms with van der Waals surface area (Å²) in [5.41, 5.74) is 10.00. The minimum atomic E-state index is 1.22. The Hall–Kier alpha value is -5.50. The smallest absolute Gasteiger partial charge is 0.0361 e. The van der Waals surface area contributed by atoms with Gasteiger partial charge in [-0.05, 0) is 96.4 Å². The van der Waals surface area contributed by atoms with Crippen LogP contribution in [-0.2, 0) is 0 Å². The number of benzene rings is 8. The Morgan fingerprint density at radius 2 is 0.733 bits per heavy atom. The van der Waals surface area contributed by atoms with E-state index in [0.29, 0.717) is 0 Å². The van der Waals surface area contributed by atoms with Gasteiger partial charge >= 0.3 is 0 Å². The van der Waals surface area contributed by atoms with Crippen LogP contribution in [0.4, 0.5) is 0 Å². The van der Waals surface area contributed by atoms with Crippen LogP contribution < -0.4 is 0 Å². The van der Waals surface area contributed by atoms with Gasteiger partial charge in [0.1, 0.15) is 0 Å². The highest BCUT2D eigenvalue weighted by atomic mass is 32.1. The standard InChI is InChI=1S/C44H28S/c1-3-14-29(15-4-1)31-26-32(30-16-5-2-6-17-30)28-33(27-31)42-34-18-7-9-20-36(34)43(37-21-10-8-19-35(37)42)39-23-13-25-41-44(39)38-22-11-12-24-40(38)45-41/h1-28H. The normalized spacial score (nSPS) is 11.6. The molecule has 1 heterocycles. The van der Waals surface area contributed by atoms with Crippen LogP contribution >= 0.6 is 11.3 Å². The molecule has 210 valence electrons. The monoisotopic (exact) mass is 588 g/mol. The molecule has 0 N–H and O–H groups in total. The third kappa shape index (κ3) is 4.28. The molecule has 0 nitrogen and oxygen atoms in total. The van der Waals surface area contributed by atoms with Crippen molar-refractivity contribution in [2.24, 2.45) is 0 Å². The van der Waals surface area contributed by atoms with Crippen molar-refractivity contribution in [3.8, 4) is 44.5 Å². The number of rotatable bonds is 4. The zero-order valence-electron chi connectivity index (χ0n) is 24.6. The highest BCUT2D eigenvalue weighted by Gasteiger charge is 2.20. The second-order valence-electron chi connectivity index (χ2n) is 11.6. The van der Waals surface area contributed by atoms with Gasteiger partial charge in [0.25, 0.3) is 0 Å². The number of thiophene rings is 1. The van der Waals surface area contributed by atoms with E-state index in [9.17, 15) is 0 Å². The minimum absolute atomic E-state index is 1.22. The summed E-state index contributed by atoms with van der Waals surface area (Å²) in [5.74, 6) is 0. The van der Waals surface area contributed by atoms with E-state index in [0.717, 1.165) is 0 Å². The van der Waals surface area contributed by atoms with E-state index in [1.807, 2.05) is 11.3 Å². The van der Waals surface area contributed by atoms with Crippen LogP contribution in [0.15, 0.2) is 170 Å². The van der Waals surface area contributed by atoms with Crippen LogP contribution in [0.1, 0.15) is 0 Å². The van der Waals surface area contributed by atoms with Crippen LogP contribution in [-0.4, -0.2) is 0 Å². The Morgan fingerprint density at radius 1 is 0.289 bits per heavy atom. The van der Waals surface area contributed by atoms with Crippen molar-refractivity contribution in [2.45, 2.75) is 0 Å². The molecule has 0 aliphatic heterocycles. The zero-order chi connectivity index (χ0) is 29.7. The highest BCUT2D eigenvalue weighted by Crippen LogP contribution is 2.48. The van der Waals surface area contributed by atoms with Crippen LogP contribution in [0.5, 0.6) is 0 Å². The number of hydrogen-bond donors (Lipinski definition) is 0. The maximum absolute atomic E-state index is 2.38. The molecule has 0 bridgehead atoms. The fourth-order valence-corrected chi connectivity index (χ4v) is 8.21. The van der Waals surface area contributed by atoms with Gasteiger partial charge in [-0.2, -0.15) is 0 Å². The Balaban J connectivity index is 1.40. The van der Waals surface area contributed by atoms with Crippen molar-refractivity contribution in [1.29, 1.82) is 0 Å². The third-order valence-electron chi connectivity index (χ3n) is 9.04. The van der Waals surface area contributed by atoms with Crippen LogP contribution in [0.25, 0.3) is 86.2 Å². The molecular weight excluding hydrogens is 561 g/mol. The summed E-state index contributed by atoms with van der Waals surface area (Å²) in [5, 5.41) is 7.77. The lowest BCUT2D eigenvalue weighted by molar-refractivity contribution is 1.58. The molecular formula is C44H28S. The first-order chi connectivity index (χ1) is 22.3. The molecule has 0 saturated carbocycles. The molecule has 0 atom stereocenters. The quantitative estimate of drug-likeness (QED) is 0.179. The van der Waals surface area contributed by atoms with E-state index in [-0.39, 0.29) is 0 Å². The molecule has 0 amide bonds. The second kappa shape index (κ2) is 10.6. The van der Waals surface area contributed by atoms with E-state index >= 15 is 0 Å². The molecule has 45 heavy (non-hydrogen) atoms. The van der Waals surface area contributed by atoms with E-state index < -0.39 is 0 Å². The first-order valence-corrected chi connectivity index (χ1v) is 16.3. The average molecular weight is 589 g/mol.